The number of fused-ring (bicyclic) bond motifs is 3. The molecule has 7 N–H and O–H groups in total. The summed E-state index contributed by atoms with van der Waals surface area (Å²) in [4.78, 5) is 56.1. The van der Waals surface area contributed by atoms with Crippen LogP contribution in [-0.4, -0.2) is 147 Å². The molecule has 27 heteroatoms. The van der Waals surface area contributed by atoms with Gasteiger partial charge in [0.15, 0.2) is 16.9 Å². The Balaban J connectivity index is 0.000000138. The first-order valence-corrected chi connectivity index (χ1v) is 35.1. The SMILES string of the molecule is C#CC(=O)N1CCC(n2nc(-c3ccc(Oc4ccccc4)cc3)c3c(N)ncnc32)C1.C=CS(=O)(=O)NC1CCC(n2nc(-c3ccc(Oc4ccccc4)cc3)c3c(N)ncnc32)CC1.CN(C)C/C=C/C(=O)N1CCC(n2nc(-c3ccc(Oc4ccccc4)cc3)c3c(N)ncnc32)C1. The molecule has 6 aromatic heterocycles. The van der Waals surface area contributed by atoms with Gasteiger partial charge in [-0.3, -0.25) is 9.59 Å². The third-order valence-corrected chi connectivity index (χ3v) is 19.0. The van der Waals surface area contributed by atoms with Crippen LogP contribution >= 0.6 is 0 Å². The van der Waals surface area contributed by atoms with Crippen molar-refractivity contribution in [2.24, 2.45) is 0 Å². The molecule has 2 aliphatic heterocycles. The molecule has 0 bridgehead atoms. The number of ether oxygens (including phenoxy) is 3. The molecule has 2 atom stereocenters. The van der Waals surface area contributed by atoms with Crippen LogP contribution < -0.4 is 36.1 Å². The molecule has 26 nitrogen and oxygen atoms in total. The Morgan fingerprint density at radius 1 is 0.524 bits per heavy atom. The zero-order valence-corrected chi connectivity index (χ0v) is 57.4. The van der Waals surface area contributed by atoms with Gasteiger partial charge in [-0.1, -0.05) is 67.3 Å². The molecule has 2 saturated heterocycles. The van der Waals surface area contributed by atoms with Gasteiger partial charge in [-0.15, -0.1) is 6.42 Å². The van der Waals surface area contributed by atoms with Crippen LogP contribution in [0.15, 0.2) is 207 Å². The van der Waals surface area contributed by atoms with Gasteiger partial charge >= 0.3 is 0 Å². The van der Waals surface area contributed by atoms with Crippen LogP contribution in [0, 0.1) is 12.3 Å². The molecule has 0 spiro atoms. The number of nitrogens with two attached hydrogens (primary N) is 3. The van der Waals surface area contributed by atoms with E-state index in [0.29, 0.717) is 118 Å². The van der Waals surface area contributed by atoms with Gasteiger partial charge in [0, 0.05) is 66.9 Å². The average Bonchev–Trinajstić information content (AvgIpc) is 1.62. The number of nitrogens with one attached hydrogen (secondary N) is 1. The fourth-order valence-electron chi connectivity index (χ4n) is 12.8. The summed E-state index contributed by atoms with van der Waals surface area (Å²) >= 11 is 0. The van der Waals surface area contributed by atoms with Crippen LogP contribution in [0.2, 0.25) is 0 Å². The second kappa shape index (κ2) is 31.0. The van der Waals surface area contributed by atoms with Crippen molar-refractivity contribution in [1.82, 2.24) is 78.7 Å². The number of likely N-dealkylation sites (N-methyl/N-ethyl adjacent to an activating group) is 1. The fourth-order valence-corrected chi connectivity index (χ4v) is 13.6. The van der Waals surface area contributed by atoms with Crippen molar-refractivity contribution in [2.45, 2.75) is 62.7 Å². The number of sulfonamides is 1. The highest BCUT2D eigenvalue weighted by Crippen LogP contribution is 2.40. The van der Waals surface area contributed by atoms with E-state index < -0.39 is 10.0 Å². The van der Waals surface area contributed by atoms with Crippen molar-refractivity contribution >= 4 is 72.4 Å². The van der Waals surface area contributed by atoms with E-state index >= 15 is 0 Å². The molecule has 15 rings (SSSR count). The number of aromatic nitrogens is 12. The minimum atomic E-state index is -3.45. The molecular weight excluding hydrogens is 1320 g/mol. The third-order valence-electron chi connectivity index (χ3n) is 17.9. The Morgan fingerprint density at radius 2 is 0.883 bits per heavy atom. The smallest absolute Gasteiger partial charge is 0.298 e. The molecule has 12 aromatic rings. The maximum absolute atomic E-state index is 12.6. The Kier molecular flexibility index (Phi) is 20.8. The zero-order chi connectivity index (χ0) is 71.6. The van der Waals surface area contributed by atoms with Gasteiger partial charge in [0.05, 0.1) is 34.3 Å². The van der Waals surface area contributed by atoms with Gasteiger partial charge < -0.3 is 46.1 Å². The maximum Gasteiger partial charge on any atom is 0.298 e. The molecule has 3 fully saturated rings. The summed E-state index contributed by atoms with van der Waals surface area (Å²) in [5, 5.41) is 17.7. The predicted molar refractivity (Wildman–Crippen MR) is 396 cm³/mol. The van der Waals surface area contributed by atoms with E-state index in [2.05, 4.69) is 47.1 Å². The number of hydrogen-bond donors (Lipinski definition) is 4. The quantitative estimate of drug-likeness (QED) is 0.0458. The Hall–Kier alpha value is -12.4. The molecule has 1 aliphatic carbocycles. The largest absolute Gasteiger partial charge is 0.457 e. The topological polar surface area (TPSA) is 327 Å². The summed E-state index contributed by atoms with van der Waals surface area (Å²) < 4.78 is 49.7. The Morgan fingerprint density at radius 3 is 1.25 bits per heavy atom. The van der Waals surface area contributed by atoms with E-state index in [1.54, 1.807) is 11.0 Å². The number of rotatable bonds is 18. The highest BCUT2D eigenvalue weighted by atomic mass is 32.2. The summed E-state index contributed by atoms with van der Waals surface area (Å²) in [7, 11) is 0.489. The monoisotopic (exact) mass is 1400 g/mol. The summed E-state index contributed by atoms with van der Waals surface area (Å²) in [6.07, 6.45) is 17.6. The van der Waals surface area contributed by atoms with Crippen molar-refractivity contribution in [3.63, 3.8) is 0 Å². The van der Waals surface area contributed by atoms with E-state index in [1.165, 1.54) is 19.0 Å². The van der Waals surface area contributed by atoms with Crippen LogP contribution in [0.1, 0.15) is 56.7 Å². The minimum absolute atomic E-state index is 0.00226. The number of amides is 2. The molecule has 3 aliphatic rings. The molecule has 0 radical (unpaired) electrons. The number of nitrogen functional groups attached to an aromatic ring is 3. The van der Waals surface area contributed by atoms with Crippen molar-refractivity contribution < 1.29 is 32.2 Å². The summed E-state index contributed by atoms with van der Waals surface area (Å²) in [5.41, 5.74) is 25.5. The van der Waals surface area contributed by atoms with Crippen molar-refractivity contribution in [1.29, 1.82) is 0 Å². The first kappa shape index (κ1) is 69.1. The fraction of sp³-hybridized carbons (Fsp3) is 0.224. The summed E-state index contributed by atoms with van der Waals surface area (Å²) in [6.45, 7) is 6.37. The first-order valence-electron chi connectivity index (χ1n) is 33.5. The van der Waals surface area contributed by atoms with E-state index in [0.717, 1.165) is 77.3 Å². The van der Waals surface area contributed by atoms with Crippen LogP contribution in [-0.2, 0) is 19.6 Å². The second-order valence-corrected chi connectivity index (χ2v) is 26.8. The second-order valence-electron chi connectivity index (χ2n) is 25.1. The van der Waals surface area contributed by atoms with Crippen LogP contribution in [0.4, 0.5) is 17.5 Å². The zero-order valence-electron chi connectivity index (χ0n) is 56.6. The summed E-state index contributed by atoms with van der Waals surface area (Å²) in [6, 6.07) is 51.8. The lowest BCUT2D eigenvalue weighted by molar-refractivity contribution is -0.125. The standard InChI is InChI=1S/C27H29N7O2.C25H26N6O3S.C24H20N6O2/c1-32(2)15-6-9-23(35)33-16-14-20(17-33)34-27-24(26(28)29-18-30-27)25(31-34)19-10-12-22(13-11-19)36-21-7-4-3-5-8-21;1-2-35(32,33)30-18-10-12-19(13-11-18)31-25-22(24(26)27-16-28-25)23(29-31)17-8-14-21(15-9-17)34-20-6-4-3-5-7-20;1-2-20(31)29-13-12-17(14-29)30-24-21(23(25)26-15-27-24)22(28-30)16-8-10-19(11-9-16)32-18-6-4-3-5-7-18/h3-13,18,20H,14-17H2,1-2H3,(H2,28,29,30);2-9,14-16,18-19,30H,1,10-13H2,(H2,26,27,28);1,3-11,15,17H,12-14H2,(H2,25,26,27)/b9-6+;;. The minimum Gasteiger partial charge on any atom is -0.457 e. The highest BCUT2D eigenvalue weighted by Gasteiger charge is 2.33. The molecule has 103 heavy (non-hydrogen) atoms. The number of benzene rings is 6. The van der Waals surface area contributed by atoms with Gasteiger partial charge in [-0.05, 0) is 168 Å². The molecule has 6 aromatic carbocycles. The molecule has 522 valence electrons. The normalized spacial score (nSPS) is 16.6. The third kappa shape index (κ3) is 16.0. The predicted octanol–water partition coefficient (Wildman–Crippen LogP) is 11.4. The van der Waals surface area contributed by atoms with Gasteiger partial charge in [-0.25, -0.2) is 57.1 Å². The lowest BCUT2D eigenvalue weighted by Gasteiger charge is -2.28. The molecule has 2 amide bonds. The number of terminal acetylenes is 1. The van der Waals surface area contributed by atoms with Crippen LogP contribution in [0.3, 0.4) is 0 Å². The van der Waals surface area contributed by atoms with Gasteiger partial charge in [0.25, 0.3) is 5.91 Å². The number of para-hydroxylation sites is 3. The van der Waals surface area contributed by atoms with Crippen LogP contribution in [0.5, 0.6) is 34.5 Å². The van der Waals surface area contributed by atoms with Crippen molar-refractivity contribution in [3.05, 3.63) is 207 Å². The average molecular weight is 1400 g/mol. The number of carbonyl (C=O) groups is 2. The lowest BCUT2D eigenvalue weighted by Crippen LogP contribution is -2.37. The van der Waals surface area contributed by atoms with Gasteiger partial charge in [-0.2, -0.15) is 15.3 Å². The number of hydrogen-bond acceptors (Lipinski definition) is 20. The Bertz CT molecular complexity index is 5180. The Labute approximate surface area is 594 Å². The van der Waals surface area contributed by atoms with E-state index in [4.69, 9.17) is 53.1 Å². The maximum atomic E-state index is 12.6. The number of likely N-dealkylation sites (tertiary alicyclic amines) is 2. The number of carbonyl (C=O) groups excluding carboxylic acids is 2. The first-order chi connectivity index (χ1) is 50.1. The van der Waals surface area contributed by atoms with Crippen molar-refractivity contribution in [3.8, 4) is 80.6 Å². The van der Waals surface area contributed by atoms with Gasteiger partial charge in [0.2, 0.25) is 15.9 Å². The van der Waals surface area contributed by atoms with Gasteiger partial charge in [0.1, 0.15) is 88.0 Å². The lowest BCUT2D eigenvalue weighted by atomic mass is 9.92. The van der Waals surface area contributed by atoms with Crippen LogP contribution in [0.25, 0.3) is 66.9 Å². The molecule has 8 heterocycles. The summed E-state index contributed by atoms with van der Waals surface area (Å²) in [5.74, 6) is 7.44. The van der Waals surface area contributed by atoms with E-state index in [1.807, 2.05) is 208 Å². The number of nitrogens with zero attached hydrogens (tertiary/aromatic N) is 15. The van der Waals surface area contributed by atoms with E-state index in [9.17, 15) is 18.0 Å². The molecular formula is C76H75N19O7S. The molecule has 1 saturated carbocycles. The van der Waals surface area contributed by atoms with Crippen molar-refractivity contribution in [2.75, 3.05) is 64.0 Å². The molecule has 2 unspecified atom stereocenters. The number of anilines is 3. The van der Waals surface area contributed by atoms with E-state index in [-0.39, 0.29) is 36.0 Å². The highest BCUT2D eigenvalue weighted by molar-refractivity contribution is 7.92.